The lowest BCUT2D eigenvalue weighted by molar-refractivity contribution is 0.0410. The standard InChI is InChI=1S/C21H30N4O2S/c1-15(18-14-16-4-5-17(18)13-16)25-20(19-3-2-9-27-19)22-23-21(25)28-12-8-24-6-10-26-11-7-24/h2-3,9,15-18H,4-8,10-14H2,1H3. The van der Waals surface area contributed by atoms with Crippen LogP contribution in [0.2, 0.25) is 0 Å². The number of nitrogens with zero attached hydrogens (tertiary/aromatic N) is 4. The largest absolute Gasteiger partial charge is 0.461 e. The van der Waals surface area contributed by atoms with Crippen molar-refractivity contribution in [2.45, 2.75) is 43.8 Å². The van der Waals surface area contributed by atoms with Gasteiger partial charge in [-0.2, -0.15) is 0 Å². The minimum absolute atomic E-state index is 0.413. The van der Waals surface area contributed by atoms with Crippen molar-refractivity contribution in [3.8, 4) is 11.6 Å². The quantitative estimate of drug-likeness (QED) is 0.654. The van der Waals surface area contributed by atoms with E-state index in [-0.39, 0.29) is 0 Å². The number of aromatic nitrogens is 3. The van der Waals surface area contributed by atoms with E-state index < -0.39 is 0 Å². The summed E-state index contributed by atoms with van der Waals surface area (Å²) in [5, 5.41) is 10.2. The van der Waals surface area contributed by atoms with E-state index in [9.17, 15) is 0 Å². The molecule has 2 aromatic heterocycles. The molecule has 152 valence electrons. The lowest BCUT2D eigenvalue weighted by atomic mass is 9.84. The summed E-state index contributed by atoms with van der Waals surface area (Å²) < 4.78 is 13.5. The number of hydrogen-bond donors (Lipinski definition) is 0. The van der Waals surface area contributed by atoms with Gasteiger partial charge >= 0.3 is 0 Å². The maximum atomic E-state index is 5.69. The smallest absolute Gasteiger partial charge is 0.200 e. The van der Waals surface area contributed by atoms with Crippen LogP contribution in [0.3, 0.4) is 0 Å². The zero-order chi connectivity index (χ0) is 18.9. The summed E-state index contributed by atoms with van der Waals surface area (Å²) in [7, 11) is 0. The highest BCUT2D eigenvalue weighted by atomic mass is 32.2. The Morgan fingerprint density at radius 3 is 2.82 bits per heavy atom. The van der Waals surface area contributed by atoms with Crippen molar-refractivity contribution >= 4 is 11.8 Å². The summed E-state index contributed by atoms with van der Waals surface area (Å²) in [5.74, 6) is 5.29. The van der Waals surface area contributed by atoms with E-state index in [0.717, 1.165) is 73.1 Å². The van der Waals surface area contributed by atoms with E-state index >= 15 is 0 Å². The minimum atomic E-state index is 0.413. The zero-order valence-corrected chi connectivity index (χ0v) is 17.4. The molecule has 3 aliphatic rings. The third-order valence-corrected chi connectivity index (χ3v) is 7.89. The predicted molar refractivity (Wildman–Crippen MR) is 109 cm³/mol. The number of hydrogen-bond acceptors (Lipinski definition) is 6. The molecule has 2 bridgehead atoms. The van der Waals surface area contributed by atoms with E-state index in [2.05, 4.69) is 26.6 Å². The van der Waals surface area contributed by atoms with Gasteiger partial charge in [-0.05, 0) is 56.1 Å². The van der Waals surface area contributed by atoms with Gasteiger partial charge < -0.3 is 9.15 Å². The summed E-state index contributed by atoms with van der Waals surface area (Å²) in [6.45, 7) is 7.21. The van der Waals surface area contributed by atoms with Gasteiger partial charge in [0.1, 0.15) is 0 Å². The number of morpholine rings is 1. The van der Waals surface area contributed by atoms with Gasteiger partial charge in [0.2, 0.25) is 5.82 Å². The molecule has 4 atom stereocenters. The molecule has 0 spiro atoms. The van der Waals surface area contributed by atoms with Crippen LogP contribution in [0.1, 0.15) is 38.6 Å². The van der Waals surface area contributed by atoms with Gasteiger partial charge in [0.25, 0.3) is 0 Å². The summed E-state index contributed by atoms with van der Waals surface area (Å²) in [6, 6.07) is 4.34. The molecule has 0 amide bonds. The van der Waals surface area contributed by atoms with Crippen molar-refractivity contribution in [1.82, 2.24) is 19.7 Å². The fourth-order valence-electron chi connectivity index (χ4n) is 5.48. The molecule has 2 saturated carbocycles. The van der Waals surface area contributed by atoms with Crippen molar-refractivity contribution in [1.29, 1.82) is 0 Å². The van der Waals surface area contributed by atoms with Crippen molar-refractivity contribution in [2.24, 2.45) is 17.8 Å². The van der Waals surface area contributed by atoms with E-state index in [1.54, 1.807) is 6.26 Å². The first-order chi connectivity index (χ1) is 13.8. The molecule has 0 radical (unpaired) electrons. The van der Waals surface area contributed by atoms with E-state index in [1.165, 1.54) is 25.7 Å². The normalized spacial score (nSPS) is 28.8. The maximum absolute atomic E-state index is 5.69. The molecule has 3 fully saturated rings. The molecule has 1 saturated heterocycles. The first-order valence-corrected chi connectivity index (χ1v) is 11.7. The SMILES string of the molecule is CC(C1CC2CCC1C2)n1c(SCCN2CCOCC2)nnc1-c1ccco1. The molecular formula is C21H30N4O2S. The van der Waals surface area contributed by atoms with Gasteiger partial charge in [-0.3, -0.25) is 9.47 Å². The number of ether oxygens (including phenoxy) is 1. The second-order valence-corrected chi connectivity index (χ2v) is 9.60. The molecule has 0 aromatic carbocycles. The Morgan fingerprint density at radius 2 is 2.11 bits per heavy atom. The molecule has 1 aliphatic heterocycles. The van der Waals surface area contributed by atoms with Crippen LogP contribution in [0.15, 0.2) is 28.0 Å². The van der Waals surface area contributed by atoms with Crippen LogP contribution in [0.4, 0.5) is 0 Å². The van der Waals surface area contributed by atoms with Gasteiger partial charge in [-0.1, -0.05) is 18.2 Å². The first kappa shape index (κ1) is 18.7. The molecule has 7 heteroatoms. The first-order valence-electron chi connectivity index (χ1n) is 10.7. The Bertz CT molecular complexity index is 771. The van der Waals surface area contributed by atoms with Crippen LogP contribution in [0, 0.1) is 17.8 Å². The molecule has 2 aromatic rings. The second kappa shape index (κ2) is 8.20. The molecule has 5 rings (SSSR count). The summed E-state index contributed by atoms with van der Waals surface area (Å²) in [6.07, 6.45) is 7.34. The summed E-state index contributed by atoms with van der Waals surface area (Å²) in [4.78, 5) is 2.48. The average Bonchev–Trinajstić information content (AvgIpc) is 3.52. The fraction of sp³-hybridized carbons (Fsp3) is 0.714. The third kappa shape index (κ3) is 3.64. The van der Waals surface area contributed by atoms with Crippen molar-refractivity contribution in [2.75, 3.05) is 38.6 Å². The number of furan rings is 1. The Kier molecular flexibility index (Phi) is 5.48. The molecule has 4 unspecified atom stereocenters. The highest BCUT2D eigenvalue weighted by molar-refractivity contribution is 7.99. The fourth-order valence-corrected chi connectivity index (χ4v) is 6.51. The van der Waals surface area contributed by atoms with Crippen LogP contribution in [0.25, 0.3) is 11.6 Å². The van der Waals surface area contributed by atoms with Crippen LogP contribution in [-0.4, -0.2) is 58.3 Å². The molecule has 0 N–H and O–H groups in total. The molecule has 6 nitrogen and oxygen atoms in total. The molecule has 28 heavy (non-hydrogen) atoms. The van der Waals surface area contributed by atoms with E-state index in [4.69, 9.17) is 9.15 Å². The maximum Gasteiger partial charge on any atom is 0.200 e. The van der Waals surface area contributed by atoms with Gasteiger partial charge in [0, 0.05) is 31.4 Å². The lowest BCUT2D eigenvalue weighted by Crippen LogP contribution is -2.37. The van der Waals surface area contributed by atoms with Crippen LogP contribution < -0.4 is 0 Å². The van der Waals surface area contributed by atoms with Crippen molar-refractivity contribution in [3.05, 3.63) is 18.4 Å². The van der Waals surface area contributed by atoms with Gasteiger partial charge in [0.05, 0.1) is 19.5 Å². The molecule has 2 aliphatic carbocycles. The number of rotatable bonds is 7. The highest BCUT2D eigenvalue weighted by Crippen LogP contribution is 2.52. The van der Waals surface area contributed by atoms with Gasteiger partial charge in [-0.15, -0.1) is 10.2 Å². The Hall–Kier alpha value is -1.31. The van der Waals surface area contributed by atoms with Crippen LogP contribution in [0.5, 0.6) is 0 Å². The molecular weight excluding hydrogens is 372 g/mol. The number of thioether (sulfide) groups is 1. The van der Waals surface area contributed by atoms with E-state index in [1.807, 2.05) is 23.9 Å². The Morgan fingerprint density at radius 1 is 1.21 bits per heavy atom. The summed E-state index contributed by atoms with van der Waals surface area (Å²) >= 11 is 1.83. The average molecular weight is 403 g/mol. The highest BCUT2D eigenvalue weighted by Gasteiger charge is 2.43. The second-order valence-electron chi connectivity index (χ2n) is 8.54. The van der Waals surface area contributed by atoms with Crippen LogP contribution in [-0.2, 0) is 4.74 Å². The predicted octanol–water partition coefficient (Wildman–Crippen LogP) is 3.96. The van der Waals surface area contributed by atoms with Gasteiger partial charge in [0.15, 0.2) is 10.9 Å². The Balaban J connectivity index is 1.34. The minimum Gasteiger partial charge on any atom is -0.461 e. The third-order valence-electron chi connectivity index (χ3n) is 6.97. The summed E-state index contributed by atoms with van der Waals surface area (Å²) in [5.41, 5.74) is 0. The van der Waals surface area contributed by atoms with E-state index in [0.29, 0.717) is 6.04 Å². The monoisotopic (exact) mass is 402 g/mol. The zero-order valence-electron chi connectivity index (χ0n) is 16.6. The van der Waals surface area contributed by atoms with Crippen LogP contribution >= 0.6 is 11.8 Å². The lowest BCUT2D eigenvalue weighted by Gasteiger charge is -2.30. The van der Waals surface area contributed by atoms with Gasteiger partial charge in [-0.25, -0.2) is 0 Å². The van der Waals surface area contributed by atoms with Crippen molar-refractivity contribution < 1.29 is 9.15 Å². The van der Waals surface area contributed by atoms with Crippen molar-refractivity contribution in [3.63, 3.8) is 0 Å². The Labute approximate surface area is 171 Å². The molecule has 3 heterocycles. The topological polar surface area (TPSA) is 56.3 Å². The number of fused-ring (bicyclic) bond motifs is 2.